The third-order valence-corrected chi connectivity index (χ3v) is 2.96. The third kappa shape index (κ3) is 3.34. The van der Waals surface area contributed by atoms with Gasteiger partial charge in [-0.2, -0.15) is 4.80 Å². The predicted octanol–water partition coefficient (Wildman–Crippen LogP) is 1.82. The Morgan fingerprint density at radius 1 is 1.47 bits per heavy atom. The Kier molecular flexibility index (Phi) is 3.86. The average Bonchev–Trinajstić information content (AvgIpc) is 2.72. The van der Waals surface area contributed by atoms with Crippen LogP contribution in [0.4, 0.5) is 0 Å². The van der Waals surface area contributed by atoms with Crippen LogP contribution in [0.15, 0.2) is 28.7 Å². The maximum absolute atomic E-state index is 4.12. The minimum Gasteiger partial charge on any atom is -0.303 e. The Labute approximate surface area is 108 Å². The summed E-state index contributed by atoms with van der Waals surface area (Å²) in [5.41, 5.74) is 1.23. The summed E-state index contributed by atoms with van der Waals surface area (Å²) in [5.74, 6) is 0.703. The van der Waals surface area contributed by atoms with E-state index in [0.29, 0.717) is 12.4 Å². The molecule has 0 aliphatic rings. The second kappa shape index (κ2) is 5.37. The first-order valence-electron chi connectivity index (χ1n) is 5.37. The smallest absolute Gasteiger partial charge is 0.188 e. The van der Waals surface area contributed by atoms with Gasteiger partial charge in [0.2, 0.25) is 0 Å². The van der Waals surface area contributed by atoms with E-state index < -0.39 is 0 Å². The molecule has 1 aromatic carbocycles. The molecule has 0 fully saturated rings. The van der Waals surface area contributed by atoms with Crippen LogP contribution in [0.2, 0.25) is 0 Å². The van der Waals surface area contributed by atoms with Crippen LogP contribution in [0.5, 0.6) is 0 Å². The van der Waals surface area contributed by atoms with E-state index in [0.717, 1.165) is 4.47 Å². The summed E-state index contributed by atoms with van der Waals surface area (Å²) in [6, 6.07) is 8.48. The zero-order valence-corrected chi connectivity index (χ0v) is 11.3. The molecule has 0 unspecified atom stereocenters. The molecule has 0 spiro atoms. The van der Waals surface area contributed by atoms with Crippen molar-refractivity contribution in [2.24, 2.45) is 7.05 Å². The average molecular weight is 296 g/mol. The molecule has 0 radical (unpaired) electrons. The van der Waals surface area contributed by atoms with Crippen LogP contribution in [0.3, 0.4) is 0 Å². The van der Waals surface area contributed by atoms with E-state index in [-0.39, 0.29) is 6.04 Å². The van der Waals surface area contributed by atoms with Crippen LogP contribution < -0.4 is 5.32 Å². The first kappa shape index (κ1) is 12.2. The summed E-state index contributed by atoms with van der Waals surface area (Å²) in [5, 5.41) is 15.2. The molecule has 6 heteroatoms. The van der Waals surface area contributed by atoms with Gasteiger partial charge in [-0.25, -0.2) is 0 Å². The maximum Gasteiger partial charge on any atom is 0.188 e. The van der Waals surface area contributed by atoms with Crippen LogP contribution in [0, 0.1) is 0 Å². The normalized spacial score (nSPS) is 12.6. The maximum atomic E-state index is 4.12. The van der Waals surface area contributed by atoms with Crippen LogP contribution in [-0.4, -0.2) is 20.2 Å². The van der Waals surface area contributed by atoms with Crippen LogP contribution in [0.25, 0.3) is 0 Å². The minimum atomic E-state index is 0.247. The number of aryl methyl sites for hydroxylation is 1. The summed E-state index contributed by atoms with van der Waals surface area (Å²) >= 11 is 3.46. The largest absolute Gasteiger partial charge is 0.303 e. The molecule has 0 aliphatic heterocycles. The zero-order valence-electron chi connectivity index (χ0n) is 9.76. The highest BCUT2D eigenvalue weighted by molar-refractivity contribution is 9.10. The number of aromatic nitrogens is 4. The van der Waals surface area contributed by atoms with Crippen molar-refractivity contribution in [2.75, 3.05) is 0 Å². The van der Waals surface area contributed by atoms with E-state index in [4.69, 9.17) is 0 Å². The lowest BCUT2D eigenvalue weighted by Crippen LogP contribution is -2.19. The van der Waals surface area contributed by atoms with Gasteiger partial charge in [-0.15, -0.1) is 10.2 Å². The molecule has 0 saturated carbocycles. The van der Waals surface area contributed by atoms with Crippen LogP contribution >= 0.6 is 15.9 Å². The van der Waals surface area contributed by atoms with Crippen molar-refractivity contribution in [2.45, 2.75) is 19.5 Å². The van der Waals surface area contributed by atoms with E-state index in [1.807, 2.05) is 12.1 Å². The Bertz CT molecular complexity index is 496. The van der Waals surface area contributed by atoms with Crippen molar-refractivity contribution < 1.29 is 0 Å². The van der Waals surface area contributed by atoms with Gasteiger partial charge >= 0.3 is 0 Å². The van der Waals surface area contributed by atoms with Gasteiger partial charge in [-0.05, 0) is 29.8 Å². The molecule has 1 atom stereocenters. The van der Waals surface area contributed by atoms with Crippen molar-refractivity contribution in [1.82, 2.24) is 25.5 Å². The zero-order chi connectivity index (χ0) is 12.3. The first-order valence-corrected chi connectivity index (χ1v) is 6.16. The summed E-state index contributed by atoms with van der Waals surface area (Å²) in [7, 11) is 1.76. The lowest BCUT2D eigenvalue weighted by Gasteiger charge is -2.12. The molecule has 90 valence electrons. The second-order valence-electron chi connectivity index (χ2n) is 3.85. The van der Waals surface area contributed by atoms with Gasteiger partial charge < -0.3 is 5.32 Å². The number of nitrogens with one attached hydrogen (secondary N) is 1. The molecule has 5 nitrogen and oxygen atoms in total. The highest BCUT2D eigenvalue weighted by Gasteiger charge is 2.07. The van der Waals surface area contributed by atoms with Crippen molar-refractivity contribution >= 4 is 15.9 Å². The lowest BCUT2D eigenvalue weighted by molar-refractivity contribution is 0.555. The molecule has 0 aliphatic carbocycles. The number of rotatable bonds is 4. The fourth-order valence-corrected chi connectivity index (χ4v) is 1.95. The van der Waals surface area contributed by atoms with Crippen LogP contribution in [-0.2, 0) is 13.6 Å². The fraction of sp³-hybridized carbons (Fsp3) is 0.364. The predicted molar refractivity (Wildman–Crippen MR) is 68.2 cm³/mol. The van der Waals surface area contributed by atoms with E-state index in [9.17, 15) is 0 Å². The molecular formula is C11H14BrN5. The van der Waals surface area contributed by atoms with Gasteiger partial charge in [0.1, 0.15) is 0 Å². The monoisotopic (exact) mass is 295 g/mol. The molecule has 2 aromatic rings. The van der Waals surface area contributed by atoms with Crippen LogP contribution in [0.1, 0.15) is 24.4 Å². The van der Waals surface area contributed by atoms with Gasteiger partial charge in [-0.1, -0.05) is 28.1 Å². The number of halogens is 1. The fourth-order valence-electron chi connectivity index (χ4n) is 1.53. The van der Waals surface area contributed by atoms with Crippen molar-refractivity contribution in [3.63, 3.8) is 0 Å². The van der Waals surface area contributed by atoms with Crippen molar-refractivity contribution in [3.8, 4) is 0 Å². The second-order valence-corrected chi connectivity index (χ2v) is 4.77. The summed E-state index contributed by atoms with van der Waals surface area (Å²) in [4.78, 5) is 1.46. The lowest BCUT2D eigenvalue weighted by atomic mass is 10.1. The highest BCUT2D eigenvalue weighted by atomic mass is 79.9. The molecule has 1 aromatic heterocycles. The van der Waals surface area contributed by atoms with Gasteiger partial charge in [0.25, 0.3) is 0 Å². The summed E-state index contributed by atoms with van der Waals surface area (Å²) in [6.45, 7) is 2.72. The molecule has 1 heterocycles. The topological polar surface area (TPSA) is 55.6 Å². The minimum absolute atomic E-state index is 0.247. The number of nitrogens with zero attached hydrogens (tertiary/aromatic N) is 4. The first-order chi connectivity index (χ1) is 8.15. The van der Waals surface area contributed by atoms with E-state index in [1.54, 1.807) is 7.05 Å². The Balaban J connectivity index is 1.95. The molecule has 0 bridgehead atoms. The van der Waals surface area contributed by atoms with Gasteiger partial charge in [0, 0.05) is 10.5 Å². The Morgan fingerprint density at radius 2 is 2.29 bits per heavy atom. The third-order valence-electron chi connectivity index (χ3n) is 2.46. The Morgan fingerprint density at radius 3 is 2.94 bits per heavy atom. The molecule has 0 amide bonds. The number of hydrogen-bond acceptors (Lipinski definition) is 4. The molecule has 2 rings (SSSR count). The van der Waals surface area contributed by atoms with Gasteiger partial charge in [0.15, 0.2) is 5.82 Å². The quantitative estimate of drug-likeness (QED) is 0.935. The number of benzene rings is 1. The summed E-state index contributed by atoms with van der Waals surface area (Å²) in [6.07, 6.45) is 0. The van der Waals surface area contributed by atoms with Crippen molar-refractivity contribution in [1.29, 1.82) is 0 Å². The standard InChI is InChI=1S/C11H14BrN5/c1-8(9-4-3-5-10(12)6-9)13-7-11-14-16-17(2)15-11/h3-6,8,13H,7H2,1-2H3/t8-/m1/s1. The van der Waals surface area contributed by atoms with E-state index in [2.05, 4.69) is 55.7 Å². The van der Waals surface area contributed by atoms with E-state index in [1.165, 1.54) is 10.4 Å². The van der Waals surface area contributed by atoms with E-state index >= 15 is 0 Å². The molecule has 17 heavy (non-hydrogen) atoms. The molecule has 0 saturated heterocycles. The van der Waals surface area contributed by atoms with Gasteiger partial charge in [0.05, 0.1) is 13.6 Å². The summed E-state index contributed by atoms with van der Waals surface area (Å²) < 4.78 is 1.08. The molecule has 1 N–H and O–H groups in total. The van der Waals surface area contributed by atoms with Gasteiger partial charge in [-0.3, -0.25) is 0 Å². The van der Waals surface area contributed by atoms with Crippen molar-refractivity contribution in [3.05, 3.63) is 40.1 Å². The Hall–Kier alpha value is -1.27. The number of tetrazole rings is 1. The highest BCUT2D eigenvalue weighted by Crippen LogP contribution is 2.17. The SMILES string of the molecule is C[C@@H](NCc1nnn(C)n1)c1cccc(Br)c1. The number of hydrogen-bond donors (Lipinski definition) is 1. The molecular weight excluding hydrogens is 282 g/mol.